The van der Waals surface area contributed by atoms with Crippen molar-refractivity contribution in [3.63, 3.8) is 0 Å². The first-order chi connectivity index (χ1) is 12.0. The van der Waals surface area contributed by atoms with Crippen LogP contribution in [0.25, 0.3) is 10.2 Å². The second kappa shape index (κ2) is 6.53. The average Bonchev–Trinajstić information content (AvgIpc) is 3.12. The fourth-order valence-corrected chi connectivity index (χ4v) is 6.38. The summed E-state index contributed by atoms with van der Waals surface area (Å²) in [4.78, 5) is 22.9. The molecule has 1 saturated heterocycles. The highest BCUT2D eigenvalue weighted by Crippen LogP contribution is 2.38. The van der Waals surface area contributed by atoms with Crippen molar-refractivity contribution >= 4 is 37.3 Å². The molecule has 0 aromatic carbocycles. The number of carbonyl (C=O) groups excluding carboxylic acids is 1. The number of hydrogen-bond acceptors (Lipinski definition) is 7. The second-order valence-electron chi connectivity index (χ2n) is 6.53. The van der Waals surface area contributed by atoms with Crippen molar-refractivity contribution in [2.75, 3.05) is 18.1 Å². The topological polar surface area (TPSA) is 98.2 Å². The highest BCUT2D eigenvalue weighted by molar-refractivity contribution is 7.91. The lowest BCUT2D eigenvalue weighted by atomic mass is 9.97. The highest BCUT2D eigenvalue weighted by Gasteiger charge is 2.29. The zero-order valence-corrected chi connectivity index (χ0v) is 15.3. The molecule has 1 fully saturated rings. The first-order valence-electron chi connectivity index (χ1n) is 8.40. The molecule has 0 unspecified atom stereocenters. The van der Waals surface area contributed by atoms with Gasteiger partial charge in [0.1, 0.15) is 11.2 Å². The Morgan fingerprint density at radius 2 is 2.16 bits per heavy atom. The minimum atomic E-state index is -3.01. The van der Waals surface area contributed by atoms with Crippen LogP contribution in [0.4, 0.5) is 0 Å². The third kappa shape index (κ3) is 3.48. The van der Waals surface area contributed by atoms with Crippen LogP contribution in [0, 0.1) is 0 Å². The Bertz CT molecular complexity index is 923. The molecule has 0 saturated carbocycles. The van der Waals surface area contributed by atoms with Crippen LogP contribution in [0.1, 0.15) is 29.7 Å². The van der Waals surface area contributed by atoms with Gasteiger partial charge in [-0.2, -0.15) is 0 Å². The van der Waals surface area contributed by atoms with Crippen LogP contribution < -0.4 is 10.1 Å². The third-order valence-corrected chi connectivity index (χ3v) is 7.62. The standard InChI is InChI=1S/C16H19N3O4S2/c20-13(19-10-5-6-25(21,22)8-10)7-23-15-14-11-3-1-2-4-12(11)24-16(14)18-9-17-15/h9-10H,1-8H2,(H,19,20)/t10-/m1/s1. The summed E-state index contributed by atoms with van der Waals surface area (Å²) in [5.74, 6) is 0.262. The zero-order valence-electron chi connectivity index (χ0n) is 13.7. The van der Waals surface area contributed by atoms with Crippen LogP contribution in [-0.2, 0) is 27.5 Å². The average molecular weight is 381 g/mol. The van der Waals surface area contributed by atoms with Crippen LogP contribution in [0.5, 0.6) is 5.88 Å². The summed E-state index contributed by atoms with van der Waals surface area (Å²) in [5, 5.41) is 3.65. The predicted molar refractivity (Wildman–Crippen MR) is 94.8 cm³/mol. The predicted octanol–water partition coefficient (Wildman–Crippen LogP) is 1.25. The van der Waals surface area contributed by atoms with Crippen molar-refractivity contribution < 1.29 is 17.9 Å². The van der Waals surface area contributed by atoms with E-state index in [0.29, 0.717) is 12.3 Å². The number of ether oxygens (including phenoxy) is 1. The number of amides is 1. The van der Waals surface area contributed by atoms with Gasteiger partial charge in [0.05, 0.1) is 16.9 Å². The van der Waals surface area contributed by atoms with Crippen LogP contribution in [0.15, 0.2) is 6.33 Å². The van der Waals surface area contributed by atoms with Crippen LogP contribution in [0.2, 0.25) is 0 Å². The summed E-state index contributed by atoms with van der Waals surface area (Å²) < 4.78 is 28.6. The quantitative estimate of drug-likeness (QED) is 0.856. The van der Waals surface area contributed by atoms with E-state index in [9.17, 15) is 13.2 Å². The molecule has 7 nitrogen and oxygen atoms in total. The Balaban J connectivity index is 1.46. The molecular formula is C16H19N3O4S2. The van der Waals surface area contributed by atoms with Crippen molar-refractivity contribution in [2.24, 2.45) is 0 Å². The van der Waals surface area contributed by atoms with E-state index in [1.165, 1.54) is 23.2 Å². The van der Waals surface area contributed by atoms with Gasteiger partial charge in [-0.3, -0.25) is 4.79 Å². The SMILES string of the molecule is O=C(COc1ncnc2sc3c(c12)CCCC3)N[C@@H]1CCS(=O)(=O)C1. The van der Waals surface area contributed by atoms with Crippen LogP contribution >= 0.6 is 11.3 Å². The van der Waals surface area contributed by atoms with E-state index in [-0.39, 0.29) is 30.1 Å². The maximum Gasteiger partial charge on any atom is 0.258 e. The van der Waals surface area contributed by atoms with E-state index < -0.39 is 9.84 Å². The lowest BCUT2D eigenvalue weighted by Gasteiger charge is -2.13. The van der Waals surface area contributed by atoms with Crippen molar-refractivity contribution in [1.82, 2.24) is 15.3 Å². The van der Waals surface area contributed by atoms with Gasteiger partial charge < -0.3 is 10.1 Å². The molecular weight excluding hydrogens is 362 g/mol. The molecule has 134 valence electrons. The Hall–Kier alpha value is -1.74. The number of nitrogens with zero attached hydrogens (tertiary/aromatic N) is 2. The molecule has 1 aliphatic carbocycles. The van der Waals surface area contributed by atoms with Crippen LogP contribution in [0.3, 0.4) is 0 Å². The molecule has 0 bridgehead atoms. The maximum absolute atomic E-state index is 12.1. The van der Waals surface area contributed by atoms with Crippen molar-refractivity contribution in [3.05, 3.63) is 16.8 Å². The molecule has 2 aliphatic rings. The zero-order chi connectivity index (χ0) is 17.4. The molecule has 4 rings (SSSR count). The highest BCUT2D eigenvalue weighted by atomic mass is 32.2. The first-order valence-corrected chi connectivity index (χ1v) is 11.0. The molecule has 3 heterocycles. The molecule has 0 spiro atoms. The number of thiophene rings is 1. The summed E-state index contributed by atoms with van der Waals surface area (Å²) >= 11 is 1.68. The van der Waals surface area contributed by atoms with E-state index in [4.69, 9.17) is 4.74 Å². The van der Waals surface area contributed by atoms with Gasteiger partial charge >= 0.3 is 0 Å². The largest absolute Gasteiger partial charge is 0.467 e. The third-order valence-electron chi connectivity index (χ3n) is 4.65. The van der Waals surface area contributed by atoms with Crippen molar-refractivity contribution in [2.45, 2.75) is 38.1 Å². The summed E-state index contributed by atoms with van der Waals surface area (Å²) in [6.45, 7) is -0.173. The van der Waals surface area contributed by atoms with Gasteiger partial charge in [-0.05, 0) is 37.7 Å². The van der Waals surface area contributed by atoms with Crippen molar-refractivity contribution in [1.29, 1.82) is 0 Å². The summed E-state index contributed by atoms with van der Waals surface area (Å²) in [6.07, 6.45) is 6.31. The number of rotatable bonds is 4. The lowest BCUT2D eigenvalue weighted by Crippen LogP contribution is -2.38. The van der Waals surface area contributed by atoms with Crippen LogP contribution in [-0.4, -0.2) is 48.4 Å². The van der Waals surface area contributed by atoms with E-state index >= 15 is 0 Å². The molecule has 25 heavy (non-hydrogen) atoms. The smallest absolute Gasteiger partial charge is 0.258 e. The van der Waals surface area contributed by atoms with Gasteiger partial charge in [-0.15, -0.1) is 11.3 Å². The first kappa shape index (κ1) is 16.7. The van der Waals surface area contributed by atoms with E-state index in [1.807, 2.05) is 0 Å². The molecule has 1 amide bonds. The van der Waals surface area contributed by atoms with Gasteiger partial charge in [0, 0.05) is 10.9 Å². The van der Waals surface area contributed by atoms with Gasteiger partial charge in [-0.25, -0.2) is 18.4 Å². The Morgan fingerprint density at radius 3 is 2.96 bits per heavy atom. The van der Waals surface area contributed by atoms with Crippen molar-refractivity contribution in [3.8, 4) is 5.88 Å². The second-order valence-corrected chi connectivity index (χ2v) is 9.84. The van der Waals surface area contributed by atoms with E-state index in [0.717, 1.165) is 29.5 Å². The molecule has 9 heteroatoms. The Morgan fingerprint density at radius 1 is 1.32 bits per heavy atom. The fourth-order valence-electron chi connectivity index (χ4n) is 3.48. The van der Waals surface area contributed by atoms with Gasteiger partial charge in [0.2, 0.25) is 5.88 Å². The molecule has 0 radical (unpaired) electrons. The lowest BCUT2D eigenvalue weighted by molar-refractivity contribution is -0.123. The number of sulfone groups is 1. The molecule has 1 N–H and O–H groups in total. The number of carbonyl (C=O) groups is 1. The van der Waals surface area contributed by atoms with E-state index in [1.54, 1.807) is 11.3 Å². The number of hydrogen-bond donors (Lipinski definition) is 1. The molecule has 2 aromatic heterocycles. The summed E-state index contributed by atoms with van der Waals surface area (Å²) in [5.41, 5.74) is 1.25. The molecule has 1 atom stereocenters. The number of fused-ring (bicyclic) bond motifs is 3. The number of aryl methyl sites for hydroxylation is 2. The number of nitrogens with one attached hydrogen (secondary N) is 1. The van der Waals surface area contributed by atoms with Gasteiger partial charge in [0.25, 0.3) is 5.91 Å². The monoisotopic (exact) mass is 381 g/mol. The van der Waals surface area contributed by atoms with Gasteiger partial charge in [-0.1, -0.05) is 0 Å². The normalized spacial score (nSPS) is 21.8. The van der Waals surface area contributed by atoms with Gasteiger partial charge in [0.15, 0.2) is 16.4 Å². The minimum Gasteiger partial charge on any atom is -0.467 e. The summed E-state index contributed by atoms with van der Waals surface area (Å²) in [6, 6.07) is -0.319. The molecule has 1 aliphatic heterocycles. The fraction of sp³-hybridized carbons (Fsp3) is 0.562. The van der Waals surface area contributed by atoms with E-state index in [2.05, 4.69) is 15.3 Å². The Kier molecular flexibility index (Phi) is 4.36. The summed E-state index contributed by atoms with van der Waals surface area (Å²) in [7, 11) is -3.01. The number of aromatic nitrogens is 2. The maximum atomic E-state index is 12.1. The Labute approximate surface area is 149 Å². The molecule has 2 aromatic rings. The minimum absolute atomic E-state index is 0.00846.